The second kappa shape index (κ2) is 5.25. The molecule has 20 heavy (non-hydrogen) atoms. The summed E-state index contributed by atoms with van der Waals surface area (Å²) in [6.45, 7) is 4.27. The summed E-state index contributed by atoms with van der Waals surface area (Å²) in [4.78, 5) is 4.54. The molecule has 0 fully saturated rings. The number of pyridine rings is 1. The second-order valence-corrected chi connectivity index (χ2v) is 5.39. The van der Waals surface area contributed by atoms with Crippen molar-refractivity contribution in [3.63, 3.8) is 0 Å². The summed E-state index contributed by atoms with van der Waals surface area (Å²) >= 11 is 5.99. The van der Waals surface area contributed by atoms with E-state index in [4.69, 9.17) is 11.6 Å². The molecule has 0 aliphatic heterocycles. The molecule has 2 heterocycles. The summed E-state index contributed by atoms with van der Waals surface area (Å²) in [5, 5.41) is 6.81. The zero-order valence-corrected chi connectivity index (χ0v) is 12.3. The first kappa shape index (κ1) is 13.1. The van der Waals surface area contributed by atoms with Gasteiger partial charge in [-0.25, -0.2) is 9.67 Å². The molecule has 4 heteroatoms. The highest BCUT2D eigenvalue weighted by atomic mass is 35.5. The number of alkyl halides is 1. The van der Waals surface area contributed by atoms with Crippen molar-refractivity contribution in [2.24, 2.45) is 0 Å². The number of nitrogens with zero attached hydrogens (tertiary/aromatic N) is 3. The van der Waals surface area contributed by atoms with Gasteiger partial charge in [-0.15, -0.1) is 11.6 Å². The van der Waals surface area contributed by atoms with Gasteiger partial charge < -0.3 is 0 Å². The molecule has 102 valence electrons. The lowest BCUT2D eigenvalue weighted by Gasteiger charge is -2.09. The van der Waals surface area contributed by atoms with Gasteiger partial charge in [0.05, 0.1) is 5.69 Å². The molecule has 1 aromatic carbocycles. The van der Waals surface area contributed by atoms with Gasteiger partial charge in [-0.2, -0.15) is 5.10 Å². The lowest BCUT2D eigenvalue weighted by molar-refractivity contribution is 0.761. The molecular weight excluding hydrogens is 270 g/mol. The van der Waals surface area contributed by atoms with Crippen LogP contribution in [0.15, 0.2) is 42.7 Å². The zero-order chi connectivity index (χ0) is 14.1. The number of benzene rings is 1. The summed E-state index contributed by atoms with van der Waals surface area (Å²) in [6.07, 6.45) is 3.80. The number of fused-ring (bicyclic) bond motifs is 1. The van der Waals surface area contributed by atoms with Gasteiger partial charge in [0.2, 0.25) is 0 Å². The molecule has 0 unspecified atom stereocenters. The van der Waals surface area contributed by atoms with Crippen LogP contribution in [-0.4, -0.2) is 14.8 Å². The predicted octanol–water partition coefficient (Wildman–Crippen LogP) is 4.28. The van der Waals surface area contributed by atoms with Crippen molar-refractivity contribution in [2.45, 2.75) is 25.6 Å². The first-order chi connectivity index (χ1) is 9.70. The minimum atomic E-state index is 0.407. The summed E-state index contributed by atoms with van der Waals surface area (Å²) in [7, 11) is 0. The van der Waals surface area contributed by atoms with E-state index in [9.17, 15) is 0 Å². The third kappa shape index (κ3) is 2.18. The molecule has 0 aliphatic rings. The number of halogens is 1. The van der Waals surface area contributed by atoms with Gasteiger partial charge in [0.1, 0.15) is 0 Å². The maximum atomic E-state index is 5.99. The van der Waals surface area contributed by atoms with Gasteiger partial charge in [0, 0.05) is 23.7 Å². The van der Waals surface area contributed by atoms with Crippen LogP contribution < -0.4 is 0 Å². The Morgan fingerprint density at radius 2 is 1.90 bits per heavy atom. The van der Waals surface area contributed by atoms with E-state index in [-0.39, 0.29) is 0 Å². The molecule has 0 aliphatic carbocycles. The van der Waals surface area contributed by atoms with Crippen LogP contribution in [-0.2, 0) is 5.88 Å². The Morgan fingerprint density at radius 3 is 2.55 bits per heavy atom. The molecule has 0 N–H and O–H groups in total. The Hall–Kier alpha value is -1.87. The van der Waals surface area contributed by atoms with Crippen LogP contribution in [0.3, 0.4) is 0 Å². The van der Waals surface area contributed by atoms with Crippen molar-refractivity contribution in [3.05, 3.63) is 54.0 Å². The molecule has 0 bridgehead atoms. The van der Waals surface area contributed by atoms with Crippen molar-refractivity contribution in [2.75, 3.05) is 0 Å². The van der Waals surface area contributed by atoms with Gasteiger partial charge in [0.15, 0.2) is 5.82 Å². The first-order valence-corrected chi connectivity index (χ1v) is 7.22. The van der Waals surface area contributed by atoms with E-state index in [1.807, 2.05) is 35.3 Å². The van der Waals surface area contributed by atoms with Crippen molar-refractivity contribution >= 4 is 22.4 Å². The Morgan fingerprint density at radius 1 is 1.15 bits per heavy atom. The topological polar surface area (TPSA) is 30.7 Å². The molecule has 0 saturated heterocycles. The summed E-state index contributed by atoms with van der Waals surface area (Å²) in [5.41, 5.74) is 2.11. The molecule has 0 amide bonds. The van der Waals surface area contributed by atoms with Crippen LogP contribution in [0, 0.1) is 0 Å². The average Bonchev–Trinajstić information content (AvgIpc) is 2.96. The molecule has 3 rings (SSSR count). The fourth-order valence-electron chi connectivity index (χ4n) is 2.29. The largest absolute Gasteiger partial charge is 0.236 e. The third-order valence-corrected chi connectivity index (χ3v) is 3.71. The molecule has 0 spiro atoms. The van der Waals surface area contributed by atoms with Crippen LogP contribution in [0.5, 0.6) is 0 Å². The van der Waals surface area contributed by atoms with Crippen LogP contribution in [0.1, 0.15) is 31.0 Å². The van der Waals surface area contributed by atoms with E-state index < -0.39 is 0 Å². The number of hydrogen-bond donors (Lipinski definition) is 0. The highest BCUT2D eigenvalue weighted by Gasteiger charge is 2.10. The lowest BCUT2D eigenvalue weighted by atomic mass is 10.1. The fourth-order valence-corrected chi connectivity index (χ4v) is 2.50. The van der Waals surface area contributed by atoms with E-state index in [0.717, 1.165) is 27.8 Å². The van der Waals surface area contributed by atoms with Gasteiger partial charge >= 0.3 is 0 Å². The quantitative estimate of drug-likeness (QED) is 0.672. The molecule has 0 radical (unpaired) electrons. The van der Waals surface area contributed by atoms with E-state index in [0.29, 0.717) is 11.8 Å². The van der Waals surface area contributed by atoms with E-state index >= 15 is 0 Å². The molecule has 0 saturated carbocycles. The van der Waals surface area contributed by atoms with E-state index in [1.54, 1.807) is 0 Å². The van der Waals surface area contributed by atoms with Crippen molar-refractivity contribution in [1.29, 1.82) is 0 Å². The van der Waals surface area contributed by atoms with Crippen LogP contribution in [0.2, 0.25) is 0 Å². The molecular formula is C16H16ClN3. The minimum Gasteiger partial charge on any atom is -0.236 e. The Balaban J connectivity index is 2.21. The standard InChI is InChI=1S/C16H16ClN3/c1-11(2)15-7-8-20(19-15)16-14-6-4-3-5-13(14)12(9-17)10-18-16/h3-8,10-11H,9H2,1-2H3. The Kier molecular flexibility index (Phi) is 3.45. The maximum Gasteiger partial charge on any atom is 0.161 e. The van der Waals surface area contributed by atoms with Crippen LogP contribution in [0.25, 0.3) is 16.6 Å². The van der Waals surface area contributed by atoms with Gasteiger partial charge in [0.25, 0.3) is 0 Å². The van der Waals surface area contributed by atoms with Gasteiger partial charge in [-0.3, -0.25) is 0 Å². The fraction of sp³-hybridized carbons (Fsp3) is 0.250. The normalized spacial score (nSPS) is 11.4. The molecule has 0 atom stereocenters. The summed E-state index contributed by atoms with van der Waals surface area (Å²) < 4.78 is 1.84. The second-order valence-electron chi connectivity index (χ2n) is 5.13. The predicted molar refractivity (Wildman–Crippen MR) is 82.5 cm³/mol. The summed E-state index contributed by atoms with van der Waals surface area (Å²) in [5.74, 6) is 1.72. The van der Waals surface area contributed by atoms with Gasteiger partial charge in [-0.05, 0) is 22.9 Å². The van der Waals surface area contributed by atoms with Crippen molar-refractivity contribution in [1.82, 2.24) is 14.8 Å². The van der Waals surface area contributed by atoms with E-state index in [2.05, 4.69) is 36.1 Å². The molecule has 3 aromatic rings. The smallest absolute Gasteiger partial charge is 0.161 e. The summed E-state index contributed by atoms with van der Waals surface area (Å²) in [6, 6.07) is 10.2. The Labute approximate surface area is 123 Å². The van der Waals surface area contributed by atoms with E-state index in [1.165, 1.54) is 0 Å². The van der Waals surface area contributed by atoms with Crippen LogP contribution in [0.4, 0.5) is 0 Å². The SMILES string of the molecule is CC(C)c1ccn(-c2ncc(CCl)c3ccccc23)n1. The Bertz CT molecular complexity index is 746. The monoisotopic (exact) mass is 285 g/mol. The zero-order valence-electron chi connectivity index (χ0n) is 11.5. The minimum absolute atomic E-state index is 0.407. The first-order valence-electron chi connectivity index (χ1n) is 6.69. The number of rotatable bonds is 3. The average molecular weight is 286 g/mol. The number of aromatic nitrogens is 3. The highest BCUT2D eigenvalue weighted by molar-refractivity contribution is 6.18. The maximum absolute atomic E-state index is 5.99. The highest BCUT2D eigenvalue weighted by Crippen LogP contribution is 2.25. The van der Waals surface area contributed by atoms with Crippen LogP contribution >= 0.6 is 11.6 Å². The van der Waals surface area contributed by atoms with Crippen molar-refractivity contribution < 1.29 is 0 Å². The number of hydrogen-bond acceptors (Lipinski definition) is 2. The molecule has 3 nitrogen and oxygen atoms in total. The lowest BCUT2D eigenvalue weighted by Crippen LogP contribution is -2.02. The van der Waals surface area contributed by atoms with Crippen molar-refractivity contribution in [3.8, 4) is 5.82 Å². The van der Waals surface area contributed by atoms with Gasteiger partial charge in [-0.1, -0.05) is 38.1 Å². The third-order valence-electron chi connectivity index (χ3n) is 3.42. The molecule has 2 aromatic heterocycles.